The number of aliphatic imine (C=N–C) groups is 1. The van der Waals surface area contributed by atoms with E-state index in [4.69, 9.17) is 9.47 Å². The Balaban J connectivity index is 2.10. The van der Waals surface area contributed by atoms with Gasteiger partial charge in [-0.3, -0.25) is 9.79 Å². The fraction of sp³-hybridized carbons (Fsp3) is 0.417. The zero-order valence-electron chi connectivity index (χ0n) is 18.6. The van der Waals surface area contributed by atoms with Crippen LogP contribution in [-0.2, 0) is 11.0 Å². The van der Waals surface area contributed by atoms with Gasteiger partial charge in [-0.25, -0.2) is 0 Å². The van der Waals surface area contributed by atoms with Gasteiger partial charge in [-0.2, -0.15) is 13.2 Å². The maximum atomic E-state index is 13.4. The zero-order valence-corrected chi connectivity index (χ0v) is 18.6. The summed E-state index contributed by atoms with van der Waals surface area (Å²) in [4.78, 5) is 16.4. The normalized spacial score (nSPS) is 13.8. The molecule has 0 aromatic heterocycles. The van der Waals surface area contributed by atoms with E-state index >= 15 is 0 Å². The summed E-state index contributed by atoms with van der Waals surface area (Å²) >= 11 is 0. The maximum Gasteiger partial charge on any atom is 0.417 e. The number of halogens is 3. The molecule has 1 amide bonds. The number of rotatable bonds is 10. The molecule has 1 N–H and O–H groups in total. The van der Waals surface area contributed by atoms with Crippen LogP contribution in [0.1, 0.15) is 38.3 Å². The number of hydrogen-bond donors (Lipinski definition) is 1. The Morgan fingerprint density at radius 1 is 1.06 bits per heavy atom. The summed E-state index contributed by atoms with van der Waals surface area (Å²) in [6.07, 6.45) is -4.33. The van der Waals surface area contributed by atoms with Crippen molar-refractivity contribution in [3.8, 4) is 11.5 Å². The number of carbonyl (C=O) groups is 1. The molecule has 0 radical (unpaired) electrons. The van der Waals surface area contributed by atoms with Crippen LogP contribution in [0.25, 0.3) is 0 Å². The largest absolute Gasteiger partial charge is 0.489 e. The molecule has 0 heterocycles. The third-order valence-corrected chi connectivity index (χ3v) is 4.50. The first-order valence-electron chi connectivity index (χ1n) is 10.4. The first kappa shape index (κ1) is 25.2. The van der Waals surface area contributed by atoms with E-state index in [-0.39, 0.29) is 29.9 Å². The molecule has 0 bridgehead atoms. The van der Waals surface area contributed by atoms with E-state index in [9.17, 15) is 18.0 Å². The number of alkyl halides is 3. The lowest BCUT2D eigenvalue weighted by Gasteiger charge is -2.23. The quantitative estimate of drug-likeness (QED) is 0.511. The van der Waals surface area contributed by atoms with Gasteiger partial charge in [-0.15, -0.1) is 0 Å². The second-order valence-corrected chi connectivity index (χ2v) is 7.86. The molecule has 8 heteroatoms. The van der Waals surface area contributed by atoms with E-state index in [0.29, 0.717) is 12.2 Å². The van der Waals surface area contributed by atoms with Gasteiger partial charge >= 0.3 is 6.18 Å². The number of nitrogens with zero attached hydrogens (tertiary/aromatic N) is 1. The van der Waals surface area contributed by atoms with Gasteiger partial charge < -0.3 is 14.8 Å². The SMILES string of the molecule is CN=Cc1ccc(OC(CC(C)C)C(=O)NCC(C)Oc2ccccc2)cc1C(F)(F)F. The first-order chi connectivity index (χ1) is 15.1. The van der Waals surface area contributed by atoms with Crippen molar-refractivity contribution in [2.75, 3.05) is 13.6 Å². The Morgan fingerprint density at radius 2 is 1.75 bits per heavy atom. The second kappa shape index (κ2) is 11.5. The van der Waals surface area contributed by atoms with Crippen molar-refractivity contribution in [2.45, 2.75) is 45.6 Å². The topological polar surface area (TPSA) is 59.9 Å². The minimum absolute atomic E-state index is 0.0278. The Labute approximate surface area is 186 Å². The summed E-state index contributed by atoms with van der Waals surface area (Å²) in [7, 11) is 1.40. The summed E-state index contributed by atoms with van der Waals surface area (Å²) in [6.45, 7) is 5.86. The van der Waals surface area contributed by atoms with Gasteiger partial charge in [0.25, 0.3) is 5.91 Å². The van der Waals surface area contributed by atoms with Crippen LogP contribution in [0, 0.1) is 5.92 Å². The third-order valence-electron chi connectivity index (χ3n) is 4.50. The Hall–Kier alpha value is -3.03. The molecule has 2 atom stereocenters. The van der Waals surface area contributed by atoms with Crippen molar-refractivity contribution in [2.24, 2.45) is 10.9 Å². The third kappa shape index (κ3) is 7.90. The van der Waals surface area contributed by atoms with E-state index in [1.165, 1.54) is 19.2 Å². The van der Waals surface area contributed by atoms with Crippen molar-refractivity contribution in [3.63, 3.8) is 0 Å². The van der Waals surface area contributed by atoms with Gasteiger partial charge in [0.2, 0.25) is 0 Å². The highest BCUT2D eigenvalue weighted by atomic mass is 19.4. The van der Waals surface area contributed by atoms with Gasteiger partial charge in [-0.1, -0.05) is 32.0 Å². The smallest absolute Gasteiger partial charge is 0.417 e. The van der Waals surface area contributed by atoms with Crippen LogP contribution >= 0.6 is 0 Å². The minimum atomic E-state index is -4.57. The summed E-state index contributed by atoms with van der Waals surface area (Å²) in [6, 6.07) is 12.8. The van der Waals surface area contributed by atoms with Crippen LogP contribution in [0.15, 0.2) is 53.5 Å². The molecule has 2 unspecified atom stereocenters. The lowest BCUT2D eigenvalue weighted by atomic mass is 10.0. The number of hydrogen-bond acceptors (Lipinski definition) is 4. The molecule has 2 rings (SSSR count). The lowest BCUT2D eigenvalue weighted by molar-refractivity contribution is -0.137. The van der Waals surface area contributed by atoms with Crippen LogP contribution in [0.5, 0.6) is 11.5 Å². The molecule has 32 heavy (non-hydrogen) atoms. The summed E-state index contributed by atoms with van der Waals surface area (Å²) in [5, 5.41) is 2.77. The maximum absolute atomic E-state index is 13.4. The molecule has 2 aromatic rings. The minimum Gasteiger partial charge on any atom is -0.489 e. The first-order valence-corrected chi connectivity index (χ1v) is 10.4. The Bertz CT molecular complexity index is 899. The van der Waals surface area contributed by atoms with Crippen LogP contribution < -0.4 is 14.8 Å². The van der Waals surface area contributed by atoms with E-state index in [0.717, 1.165) is 12.3 Å². The van der Waals surface area contributed by atoms with Crippen LogP contribution in [-0.4, -0.2) is 37.9 Å². The average molecular weight is 451 g/mol. The molecule has 0 spiro atoms. The van der Waals surface area contributed by atoms with Crippen LogP contribution in [0.3, 0.4) is 0 Å². The molecule has 5 nitrogen and oxygen atoms in total. The monoisotopic (exact) mass is 450 g/mol. The molecular weight excluding hydrogens is 421 g/mol. The summed E-state index contributed by atoms with van der Waals surface area (Å²) < 4.78 is 51.8. The highest BCUT2D eigenvalue weighted by Gasteiger charge is 2.34. The highest BCUT2D eigenvalue weighted by Crippen LogP contribution is 2.34. The molecule has 0 aliphatic rings. The van der Waals surface area contributed by atoms with Crippen LogP contribution in [0.2, 0.25) is 0 Å². The van der Waals surface area contributed by atoms with Crippen molar-refractivity contribution < 1.29 is 27.4 Å². The number of amides is 1. The molecule has 0 fully saturated rings. The molecule has 2 aromatic carbocycles. The number of benzene rings is 2. The Kier molecular flexibility index (Phi) is 9.11. The van der Waals surface area contributed by atoms with E-state index in [2.05, 4.69) is 10.3 Å². The molecule has 0 saturated heterocycles. The predicted molar refractivity (Wildman–Crippen MR) is 118 cm³/mol. The summed E-state index contributed by atoms with van der Waals surface area (Å²) in [5.74, 6) is 0.340. The van der Waals surface area contributed by atoms with Gasteiger partial charge in [-0.05, 0) is 49.6 Å². The Morgan fingerprint density at radius 3 is 2.34 bits per heavy atom. The van der Waals surface area contributed by atoms with Gasteiger partial charge in [0.05, 0.1) is 12.1 Å². The molecule has 0 saturated carbocycles. The standard InChI is InChI=1S/C24H29F3N2O3/c1-16(2)12-22(23(30)29-14-17(3)31-19-8-6-5-7-9-19)32-20-11-10-18(15-28-4)21(13-20)24(25,26)27/h5-11,13,15-17,22H,12,14H2,1-4H3,(H,29,30). The van der Waals surface area contributed by atoms with Crippen molar-refractivity contribution >= 4 is 12.1 Å². The van der Waals surface area contributed by atoms with Gasteiger partial charge in [0, 0.05) is 18.8 Å². The number of carbonyl (C=O) groups excluding carboxylic acids is 1. The van der Waals surface area contributed by atoms with Gasteiger partial charge in [0.1, 0.15) is 17.6 Å². The van der Waals surface area contributed by atoms with Crippen molar-refractivity contribution in [3.05, 3.63) is 59.7 Å². The van der Waals surface area contributed by atoms with Crippen LogP contribution in [0.4, 0.5) is 13.2 Å². The lowest BCUT2D eigenvalue weighted by Crippen LogP contribution is -2.43. The second-order valence-electron chi connectivity index (χ2n) is 7.86. The molecule has 174 valence electrons. The molecule has 0 aliphatic heterocycles. The predicted octanol–water partition coefficient (Wildman–Crippen LogP) is 5.13. The highest BCUT2D eigenvalue weighted by molar-refractivity contribution is 5.83. The summed E-state index contributed by atoms with van der Waals surface area (Å²) in [5.41, 5.74) is -0.932. The average Bonchev–Trinajstić information content (AvgIpc) is 2.72. The zero-order chi connectivity index (χ0) is 23.7. The number of para-hydroxylation sites is 1. The fourth-order valence-electron chi connectivity index (χ4n) is 3.04. The van der Waals surface area contributed by atoms with Crippen molar-refractivity contribution in [1.29, 1.82) is 0 Å². The molecular formula is C24H29F3N2O3. The molecule has 0 aliphatic carbocycles. The van der Waals surface area contributed by atoms with Crippen molar-refractivity contribution in [1.82, 2.24) is 5.32 Å². The number of ether oxygens (including phenoxy) is 2. The van der Waals surface area contributed by atoms with E-state index in [1.54, 1.807) is 0 Å². The van der Waals surface area contributed by atoms with E-state index in [1.807, 2.05) is 51.1 Å². The van der Waals surface area contributed by atoms with E-state index < -0.39 is 23.8 Å². The van der Waals surface area contributed by atoms with Gasteiger partial charge in [0.15, 0.2) is 6.10 Å². The number of nitrogens with one attached hydrogen (secondary N) is 1. The fourth-order valence-corrected chi connectivity index (χ4v) is 3.04.